The molecule has 0 radical (unpaired) electrons. The molecule has 2 rings (SSSR count). The van der Waals surface area contributed by atoms with Gasteiger partial charge >= 0.3 is 0 Å². The molecule has 2 N–H and O–H groups in total. The number of ether oxygens (including phenoxy) is 1. The SMILES string of the molecule is CN(C(=O)COc1ccccc1CN)c1cccc(F)c1. The average Bonchev–Trinajstić information content (AvgIpc) is 2.52. The van der Waals surface area contributed by atoms with Gasteiger partial charge in [0.2, 0.25) is 0 Å². The Kier molecular flexibility index (Phi) is 4.90. The molecule has 0 bridgehead atoms. The maximum absolute atomic E-state index is 13.2. The van der Waals surface area contributed by atoms with Crippen LogP contribution >= 0.6 is 0 Å². The Morgan fingerprint density at radius 3 is 2.71 bits per heavy atom. The van der Waals surface area contributed by atoms with Gasteiger partial charge in [0.1, 0.15) is 11.6 Å². The number of rotatable bonds is 5. The number of amides is 1. The Labute approximate surface area is 122 Å². The van der Waals surface area contributed by atoms with Gasteiger partial charge in [-0.3, -0.25) is 4.79 Å². The first-order valence-electron chi connectivity index (χ1n) is 6.54. The van der Waals surface area contributed by atoms with Crippen LogP contribution in [0.3, 0.4) is 0 Å². The van der Waals surface area contributed by atoms with Crippen molar-refractivity contribution in [3.05, 3.63) is 59.9 Å². The summed E-state index contributed by atoms with van der Waals surface area (Å²) in [6.45, 7) is 0.203. The molecule has 0 aliphatic carbocycles. The first-order chi connectivity index (χ1) is 10.1. The molecule has 1 amide bonds. The quantitative estimate of drug-likeness (QED) is 0.918. The van der Waals surface area contributed by atoms with Crippen LogP contribution in [0, 0.1) is 5.82 Å². The van der Waals surface area contributed by atoms with Crippen molar-refractivity contribution < 1.29 is 13.9 Å². The Balaban J connectivity index is 2.01. The number of hydrogen-bond acceptors (Lipinski definition) is 3. The van der Waals surface area contributed by atoms with Gasteiger partial charge in [0.25, 0.3) is 5.91 Å². The van der Waals surface area contributed by atoms with Crippen LogP contribution in [0.2, 0.25) is 0 Å². The normalized spacial score (nSPS) is 10.2. The second kappa shape index (κ2) is 6.85. The van der Waals surface area contributed by atoms with Crippen LogP contribution in [-0.2, 0) is 11.3 Å². The highest BCUT2D eigenvalue weighted by Gasteiger charge is 2.13. The molecule has 0 aliphatic rings. The zero-order chi connectivity index (χ0) is 15.2. The summed E-state index contributed by atoms with van der Waals surface area (Å²) in [4.78, 5) is 13.4. The standard InChI is InChI=1S/C16H17FN2O2/c1-19(14-7-4-6-13(17)9-14)16(20)11-21-15-8-3-2-5-12(15)10-18/h2-9H,10-11,18H2,1H3. The second-order valence-electron chi connectivity index (χ2n) is 4.53. The van der Waals surface area contributed by atoms with E-state index in [0.29, 0.717) is 18.0 Å². The molecule has 2 aromatic rings. The van der Waals surface area contributed by atoms with Gasteiger partial charge in [0.05, 0.1) is 0 Å². The Bertz CT molecular complexity index is 631. The van der Waals surface area contributed by atoms with E-state index in [9.17, 15) is 9.18 Å². The van der Waals surface area contributed by atoms with Crippen molar-refractivity contribution in [2.75, 3.05) is 18.6 Å². The fraction of sp³-hybridized carbons (Fsp3) is 0.188. The van der Waals surface area contributed by atoms with Crippen molar-refractivity contribution in [1.29, 1.82) is 0 Å². The minimum absolute atomic E-state index is 0.135. The molecule has 0 aromatic heterocycles. The first-order valence-corrected chi connectivity index (χ1v) is 6.54. The molecule has 0 saturated heterocycles. The number of carbonyl (C=O) groups is 1. The number of benzene rings is 2. The van der Waals surface area contributed by atoms with Crippen LogP contribution in [0.15, 0.2) is 48.5 Å². The Morgan fingerprint density at radius 2 is 2.00 bits per heavy atom. The number of carbonyl (C=O) groups excluding carboxylic acids is 1. The molecule has 4 nitrogen and oxygen atoms in total. The van der Waals surface area contributed by atoms with Gasteiger partial charge < -0.3 is 15.4 Å². The summed E-state index contributed by atoms with van der Waals surface area (Å²) in [5, 5.41) is 0. The maximum atomic E-state index is 13.2. The number of halogens is 1. The van der Waals surface area contributed by atoms with Gasteiger partial charge in [0, 0.05) is 24.8 Å². The lowest BCUT2D eigenvalue weighted by Gasteiger charge is -2.18. The number of likely N-dealkylation sites (N-methyl/N-ethyl adjacent to an activating group) is 1. The first kappa shape index (κ1) is 15.0. The molecule has 0 saturated carbocycles. The largest absolute Gasteiger partial charge is 0.483 e. The number of nitrogens with two attached hydrogens (primary N) is 1. The van der Waals surface area contributed by atoms with Gasteiger partial charge in [-0.25, -0.2) is 4.39 Å². The minimum atomic E-state index is -0.387. The summed E-state index contributed by atoms with van der Waals surface area (Å²) in [7, 11) is 1.58. The zero-order valence-corrected chi connectivity index (χ0v) is 11.8. The van der Waals surface area contributed by atoms with Gasteiger partial charge in [-0.2, -0.15) is 0 Å². The zero-order valence-electron chi connectivity index (χ0n) is 11.8. The van der Waals surface area contributed by atoms with E-state index in [0.717, 1.165) is 5.56 Å². The summed E-state index contributed by atoms with van der Waals surface area (Å²) in [5.74, 6) is -0.0741. The van der Waals surface area contributed by atoms with Crippen LogP contribution in [0.5, 0.6) is 5.75 Å². The molecule has 0 atom stereocenters. The monoisotopic (exact) mass is 288 g/mol. The van der Waals surface area contributed by atoms with Crippen LogP contribution in [-0.4, -0.2) is 19.6 Å². The Hall–Kier alpha value is -2.40. The summed E-state index contributed by atoms with van der Waals surface area (Å²) in [5.41, 5.74) is 6.92. The third-order valence-corrected chi connectivity index (χ3v) is 3.11. The minimum Gasteiger partial charge on any atom is -0.483 e. The summed E-state index contributed by atoms with van der Waals surface area (Å²) >= 11 is 0. The molecular formula is C16H17FN2O2. The third kappa shape index (κ3) is 3.79. The summed E-state index contributed by atoms with van der Waals surface area (Å²) in [6.07, 6.45) is 0. The highest BCUT2D eigenvalue weighted by Crippen LogP contribution is 2.18. The highest BCUT2D eigenvalue weighted by atomic mass is 19.1. The molecule has 0 heterocycles. The van der Waals surface area contributed by atoms with E-state index < -0.39 is 0 Å². The number of anilines is 1. The van der Waals surface area contributed by atoms with E-state index in [1.54, 1.807) is 25.2 Å². The van der Waals surface area contributed by atoms with Gasteiger partial charge in [0.15, 0.2) is 6.61 Å². The Morgan fingerprint density at radius 1 is 1.24 bits per heavy atom. The van der Waals surface area contributed by atoms with Crippen molar-refractivity contribution in [2.24, 2.45) is 5.73 Å². The molecule has 0 aliphatic heterocycles. The topological polar surface area (TPSA) is 55.6 Å². The van der Waals surface area contributed by atoms with E-state index in [1.165, 1.54) is 17.0 Å². The van der Waals surface area contributed by atoms with Crippen LogP contribution < -0.4 is 15.4 Å². The molecular weight excluding hydrogens is 271 g/mol. The van der Waals surface area contributed by atoms with Crippen molar-refractivity contribution in [2.45, 2.75) is 6.54 Å². The maximum Gasteiger partial charge on any atom is 0.264 e. The van der Waals surface area contributed by atoms with Gasteiger partial charge in [-0.1, -0.05) is 24.3 Å². The van der Waals surface area contributed by atoms with Gasteiger partial charge in [-0.05, 0) is 24.3 Å². The van der Waals surface area contributed by atoms with Crippen molar-refractivity contribution in [1.82, 2.24) is 0 Å². The third-order valence-electron chi connectivity index (χ3n) is 3.11. The van der Waals surface area contributed by atoms with E-state index in [2.05, 4.69) is 0 Å². The molecule has 0 spiro atoms. The van der Waals surface area contributed by atoms with E-state index in [-0.39, 0.29) is 18.3 Å². The van der Waals surface area contributed by atoms with E-state index in [1.807, 2.05) is 18.2 Å². The second-order valence-corrected chi connectivity index (χ2v) is 4.53. The molecule has 5 heteroatoms. The number of nitrogens with zero attached hydrogens (tertiary/aromatic N) is 1. The summed E-state index contributed by atoms with van der Waals surface area (Å²) in [6, 6.07) is 13.1. The van der Waals surface area contributed by atoms with Crippen LogP contribution in [0.4, 0.5) is 10.1 Å². The van der Waals surface area contributed by atoms with E-state index >= 15 is 0 Å². The fourth-order valence-electron chi connectivity index (χ4n) is 1.88. The number of para-hydroxylation sites is 1. The van der Waals surface area contributed by atoms with Crippen molar-refractivity contribution in [3.63, 3.8) is 0 Å². The van der Waals surface area contributed by atoms with Crippen molar-refractivity contribution in [3.8, 4) is 5.75 Å². The smallest absolute Gasteiger partial charge is 0.264 e. The molecule has 2 aromatic carbocycles. The predicted molar refractivity (Wildman–Crippen MR) is 79.6 cm³/mol. The van der Waals surface area contributed by atoms with Gasteiger partial charge in [-0.15, -0.1) is 0 Å². The lowest BCUT2D eigenvalue weighted by atomic mass is 10.2. The lowest BCUT2D eigenvalue weighted by Crippen LogP contribution is -2.31. The van der Waals surface area contributed by atoms with Crippen LogP contribution in [0.1, 0.15) is 5.56 Å². The molecule has 21 heavy (non-hydrogen) atoms. The fourth-order valence-corrected chi connectivity index (χ4v) is 1.88. The molecule has 0 unspecified atom stereocenters. The number of hydrogen-bond donors (Lipinski definition) is 1. The summed E-state index contributed by atoms with van der Waals surface area (Å²) < 4.78 is 18.7. The van der Waals surface area contributed by atoms with Crippen LogP contribution in [0.25, 0.3) is 0 Å². The molecule has 110 valence electrons. The van der Waals surface area contributed by atoms with Crippen molar-refractivity contribution >= 4 is 11.6 Å². The van der Waals surface area contributed by atoms with E-state index in [4.69, 9.17) is 10.5 Å². The highest BCUT2D eigenvalue weighted by molar-refractivity contribution is 5.93. The lowest BCUT2D eigenvalue weighted by molar-refractivity contribution is -0.120. The molecule has 0 fully saturated rings. The average molecular weight is 288 g/mol. The predicted octanol–water partition coefficient (Wildman–Crippen LogP) is 2.33.